The predicted molar refractivity (Wildman–Crippen MR) is 77.9 cm³/mol. The van der Waals surface area contributed by atoms with Crippen LogP contribution in [-0.4, -0.2) is 61.1 Å². The molecule has 3 rings (SSSR count). The van der Waals surface area contributed by atoms with Gasteiger partial charge in [0.2, 0.25) is 0 Å². The van der Waals surface area contributed by atoms with Crippen molar-refractivity contribution in [1.29, 1.82) is 0 Å². The summed E-state index contributed by atoms with van der Waals surface area (Å²) in [6.45, 7) is 0.241. The maximum absolute atomic E-state index is 12.3. The second-order valence-electron chi connectivity index (χ2n) is 5.53. The SMILES string of the molecule is NC(=O)COc1cccc(C(=O)N[C@H]2CO[C@H]3[C@@H]2OC[C@H]3O)c1. The van der Waals surface area contributed by atoms with Gasteiger partial charge in [0.05, 0.1) is 19.3 Å². The molecule has 2 heterocycles. The molecule has 23 heavy (non-hydrogen) atoms. The Kier molecular flexibility index (Phi) is 4.46. The van der Waals surface area contributed by atoms with E-state index in [2.05, 4.69) is 5.32 Å². The normalized spacial score (nSPS) is 29.1. The second-order valence-corrected chi connectivity index (χ2v) is 5.53. The van der Waals surface area contributed by atoms with Gasteiger partial charge >= 0.3 is 0 Å². The number of aliphatic hydroxyl groups excluding tert-OH is 1. The number of ether oxygens (including phenoxy) is 3. The van der Waals surface area contributed by atoms with E-state index in [1.165, 1.54) is 6.07 Å². The van der Waals surface area contributed by atoms with Crippen LogP contribution in [0.1, 0.15) is 10.4 Å². The summed E-state index contributed by atoms with van der Waals surface area (Å²) >= 11 is 0. The summed E-state index contributed by atoms with van der Waals surface area (Å²) in [5.41, 5.74) is 5.40. The number of fused-ring (bicyclic) bond motifs is 1. The summed E-state index contributed by atoms with van der Waals surface area (Å²) < 4.78 is 16.1. The molecule has 0 aromatic heterocycles. The Labute approximate surface area is 132 Å². The number of carbonyl (C=O) groups is 2. The van der Waals surface area contributed by atoms with Crippen LogP contribution >= 0.6 is 0 Å². The van der Waals surface area contributed by atoms with Gasteiger partial charge in [-0.3, -0.25) is 9.59 Å². The first-order chi connectivity index (χ1) is 11.0. The maximum Gasteiger partial charge on any atom is 0.255 e. The number of carbonyl (C=O) groups excluding carboxylic acids is 2. The summed E-state index contributed by atoms with van der Waals surface area (Å²) in [6, 6.07) is 6.11. The van der Waals surface area contributed by atoms with E-state index >= 15 is 0 Å². The first kappa shape index (κ1) is 15.7. The second kappa shape index (κ2) is 6.53. The lowest BCUT2D eigenvalue weighted by Gasteiger charge is -2.17. The number of benzene rings is 1. The molecule has 2 saturated heterocycles. The van der Waals surface area contributed by atoms with Crippen LogP contribution in [0.15, 0.2) is 24.3 Å². The van der Waals surface area contributed by atoms with Gasteiger partial charge in [0.1, 0.15) is 24.1 Å². The van der Waals surface area contributed by atoms with Crippen molar-refractivity contribution in [2.24, 2.45) is 5.73 Å². The molecular weight excluding hydrogens is 304 g/mol. The van der Waals surface area contributed by atoms with Crippen LogP contribution in [0.2, 0.25) is 0 Å². The standard InChI is InChI=1S/C15H18N2O6/c16-12(19)7-21-9-3-1-2-8(4-9)15(20)17-10-5-22-14-11(18)6-23-13(10)14/h1-4,10-11,13-14,18H,5-7H2,(H2,16,19)(H,17,20)/t10-,11+,13+,14+/m0/s1. The lowest BCUT2D eigenvalue weighted by atomic mass is 10.1. The number of rotatable bonds is 5. The van der Waals surface area contributed by atoms with Crippen LogP contribution in [0.25, 0.3) is 0 Å². The fourth-order valence-corrected chi connectivity index (χ4v) is 2.74. The monoisotopic (exact) mass is 322 g/mol. The topological polar surface area (TPSA) is 120 Å². The van der Waals surface area contributed by atoms with Crippen molar-refractivity contribution in [2.45, 2.75) is 24.4 Å². The summed E-state index contributed by atoms with van der Waals surface area (Å²) in [6.07, 6.45) is -1.40. The van der Waals surface area contributed by atoms with Gasteiger partial charge in [-0.15, -0.1) is 0 Å². The maximum atomic E-state index is 12.3. The van der Waals surface area contributed by atoms with Crippen molar-refractivity contribution in [1.82, 2.24) is 5.32 Å². The van der Waals surface area contributed by atoms with Gasteiger partial charge in [0.25, 0.3) is 11.8 Å². The molecule has 2 fully saturated rings. The van der Waals surface area contributed by atoms with Gasteiger partial charge in [-0.05, 0) is 18.2 Å². The molecule has 2 amide bonds. The molecule has 1 aromatic carbocycles. The average Bonchev–Trinajstić information content (AvgIpc) is 3.10. The Bertz CT molecular complexity index is 607. The van der Waals surface area contributed by atoms with Gasteiger partial charge in [-0.2, -0.15) is 0 Å². The third-order valence-electron chi connectivity index (χ3n) is 3.82. The molecule has 2 aliphatic rings. The molecular formula is C15H18N2O6. The fraction of sp³-hybridized carbons (Fsp3) is 0.467. The Morgan fingerprint density at radius 2 is 2.09 bits per heavy atom. The summed E-state index contributed by atoms with van der Waals surface area (Å²) in [5.74, 6) is -0.524. The zero-order valence-corrected chi connectivity index (χ0v) is 12.3. The van der Waals surface area contributed by atoms with Crippen molar-refractivity contribution in [2.75, 3.05) is 19.8 Å². The highest BCUT2D eigenvalue weighted by molar-refractivity contribution is 5.94. The molecule has 0 radical (unpaired) electrons. The van der Waals surface area contributed by atoms with Crippen molar-refractivity contribution in [3.63, 3.8) is 0 Å². The minimum absolute atomic E-state index is 0.206. The molecule has 0 spiro atoms. The predicted octanol–water partition coefficient (Wildman–Crippen LogP) is -1.19. The highest BCUT2D eigenvalue weighted by Gasteiger charge is 2.47. The number of primary amides is 1. The zero-order chi connectivity index (χ0) is 16.4. The molecule has 4 atom stereocenters. The Balaban J connectivity index is 1.62. The van der Waals surface area contributed by atoms with Gasteiger partial charge in [-0.1, -0.05) is 6.07 Å². The molecule has 8 nitrogen and oxygen atoms in total. The Hall–Kier alpha value is -2.16. The van der Waals surface area contributed by atoms with Crippen LogP contribution in [0, 0.1) is 0 Å². The smallest absolute Gasteiger partial charge is 0.255 e. The van der Waals surface area contributed by atoms with Crippen LogP contribution in [0.5, 0.6) is 5.75 Å². The largest absolute Gasteiger partial charge is 0.484 e. The molecule has 0 unspecified atom stereocenters. The van der Waals surface area contributed by atoms with E-state index in [1.54, 1.807) is 18.2 Å². The van der Waals surface area contributed by atoms with Crippen molar-refractivity contribution < 1.29 is 28.9 Å². The summed E-state index contributed by atoms with van der Waals surface area (Å²) in [4.78, 5) is 23.1. The minimum atomic E-state index is -0.660. The van der Waals surface area contributed by atoms with Crippen molar-refractivity contribution >= 4 is 11.8 Å². The van der Waals surface area contributed by atoms with E-state index in [0.717, 1.165) is 0 Å². The average molecular weight is 322 g/mol. The molecule has 0 aliphatic carbocycles. The third kappa shape index (κ3) is 3.44. The number of aliphatic hydroxyl groups is 1. The summed E-state index contributed by atoms with van der Waals surface area (Å²) in [5, 5.41) is 12.5. The molecule has 1 aromatic rings. The first-order valence-corrected chi connectivity index (χ1v) is 7.28. The van der Waals surface area contributed by atoms with E-state index in [-0.39, 0.29) is 37.9 Å². The van der Waals surface area contributed by atoms with E-state index in [1.807, 2.05) is 0 Å². The Morgan fingerprint density at radius 1 is 1.30 bits per heavy atom. The zero-order valence-electron chi connectivity index (χ0n) is 12.3. The van der Waals surface area contributed by atoms with E-state index in [4.69, 9.17) is 19.9 Å². The van der Waals surface area contributed by atoms with Crippen LogP contribution in [-0.2, 0) is 14.3 Å². The molecule has 0 bridgehead atoms. The van der Waals surface area contributed by atoms with Crippen molar-refractivity contribution in [3.8, 4) is 5.75 Å². The van der Waals surface area contributed by atoms with Crippen LogP contribution in [0.3, 0.4) is 0 Å². The van der Waals surface area contributed by atoms with Crippen LogP contribution in [0.4, 0.5) is 0 Å². The van der Waals surface area contributed by atoms with E-state index in [0.29, 0.717) is 11.3 Å². The molecule has 2 aliphatic heterocycles. The first-order valence-electron chi connectivity index (χ1n) is 7.28. The van der Waals surface area contributed by atoms with Gasteiger partial charge in [-0.25, -0.2) is 0 Å². The molecule has 8 heteroatoms. The minimum Gasteiger partial charge on any atom is -0.484 e. The van der Waals surface area contributed by atoms with Gasteiger partial charge in [0.15, 0.2) is 6.61 Å². The highest BCUT2D eigenvalue weighted by Crippen LogP contribution is 2.27. The lowest BCUT2D eigenvalue weighted by molar-refractivity contribution is -0.119. The number of hydrogen-bond donors (Lipinski definition) is 3. The number of amides is 2. The van der Waals surface area contributed by atoms with Crippen molar-refractivity contribution in [3.05, 3.63) is 29.8 Å². The summed E-state index contributed by atoms with van der Waals surface area (Å²) in [7, 11) is 0. The Morgan fingerprint density at radius 3 is 2.87 bits per heavy atom. The lowest BCUT2D eigenvalue weighted by Crippen LogP contribution is -2.44. The number of hydrogen-bond acceptors (Lipinski definition) is 6. The van der Waals surface area contributed by atoms with Gasteiger partial charge in [0, 0.05) is 5.56 Å². The van der Waals surface area contributed by atoms with Gasteiger partial charge < -0.3 is 30.4 Å². The third-order valence-corrected chi connectivity index (χ3v) is 3.82. The van der Waals surface area contributed by atoms with E-state index in [9.17, 15) is 14.7 Å². The highest BCUT2D eigenvalue weighted by atomic mass is 16.6. The van der Waals surface area contributed by atoms with E-state index < -0.39 is 18.1 Å². The van der Waals surface area contributed by atoms with Crippen LogP contribution < -0.4 is 15.8 Å². The molecule has 124 valence electrons. The fourth-order valence-electron chi connectivity index (χ4n) is 2.74. The number of nitrogens with one attached hydrogen (secondary N) is 1. The quantitative estimate of drug-likeness (QED) is 0.627. The number of nitrogens with two attached hydrogens (primary N) is 1. The molecule has 0 saturated carbocycles. The molecule has 4 N–H and O–H groups in total.